The molecular weight excluding hydrogens is 320 g/mol. The largest absolute Gasteiger partial charge is 0.481 e. The number of hydrogen-bond acceptors (Lipinski definition) is 3. The minimum atomic E-state index is -1.05. The van der Waals surface area contributed by atoms with Crippen LogP contribution in [0.4, 0.5) is 11.4 Å². The molecule has 3 N–H and O–H groups in total. The Bertz CT molecular complexity index is 815. The van der Waals surface area contributed by atoms with Crippen LogP contribution in [0.2, 0.25) is 0 Å². The summed E-state index contributed by atoms with van der Waals surface area (Å²) in [6.07, 6.45) is -0.412. The molecule has 2 aromatic rings. The molecule has 2 rings (SSSR count). The molecule has 130 valence electrons. The standard InChI is InChI=1S/C19H20N2O4/c1-12-6-5-9-15(13(12)2)21-19(25)14-7-3-4-8-16(14)20-17(22)10-11-18(23)24/h3-9H,10-11H2,1-2H3,(H,20,22)(H,21,25)(H,23,24). The molecule has 0 aliphatic heterocycles. The fourth-order valence-corrected chi connectivity index (χ4v) is 2.30. The van der Waals surface area contributed by atoms with Crippen LogP contribution in [0, 0.1) is 13.8 Å². The van der Waals surface area contributed by atoms with Crippen LogP contribution in [-0.2, 0) is 9.59 Å². The lowest BCUT2D eigenvalue weighted by atomic mass is 10.1. The lowest BCUT2D eigenvalue weighted by molar-refractivity contribution is -0.138. The third-order valence-electron chi connectivity index (χ3n) is 3.86. The first kappa shape index (κ1) is 18.2. The van der Waals surface area contributed by atoms with Gasteiger partial charge in [0.25, 0.3) is 5.91 Å². The predicted octanol–water partition coefficient (Wildman–Crippen LogP) is 3.36. The monoisotopic (exact) mass is 340 g/mol. The molecule has 0 unspecified atom stereocenters. The van der Waals surface area contributed by atoms with Gasteiger partial charge in [-0.1, -0.05) is 24.3 Å². The van der Waals surface area contributed by atoms with Gasteiger partial charge in [-0.3, -0.25) is 14.4 Å². The van der Waals surface area contributed by atoms with E-state index >= 15 is 0 Å². The van der Waals surface area contributed by atoms with Crippen LogP contribution in [0.1, 0.15) is 34.3 Å². The van der Waals surface area contributed by atoms with Crippen LogP contribution in [0.5, 0.6) is 0 Å². The van der Waals surface area contributed by atoms with E-state index in [9.17, 15) is 14.4 Å². The molecule has 0 bridgehead atoms. The number of hydrogen-bond donors (Lipinski definition) is 3. The van der Waals surface area contributed by atoms with Gasteiger partial charge in [0.05, 0.1) is 17.7 Å². The molecule has 0 radical (unpaired) electrons. The molecule has 2 aromatic carbocycles. The van der Waals surface area contributed by atoms with Crippen LogP contribution in [0.3, 0.4) is 0 Å². The second kappa shape index (κ2) is 8.10. The molecule has 6 heteroatoms. The van der Waals surface area contributed by atoms with Crippen molar-refractivity contribution in [1.82, 2.24) is 0 Å². The van der Waals surface area contributed by atoms with Crippen LogP contribution >= 0.6 is 0 Å². The van der Waals surface area contributed by atoms with Gasteiger partial charge < -0.3 is 15.7 Å². The lowest BCUT2D eigenvalue weighted by Crippen LogP contribution is -2.19. The first-order valence-electron chi connectivity index (χ1n) is 7.86. The Balaban J connectivity index is 2.16. The first-order chi connectivity index (χ1) is 11.9. The number of rotatable bonds is 6. The molecule has 25 heavy (non-hydrogen) atoms. The number of nitrogens with one attached hydrogen (secondary N) is 2. The van der Waals surface area contributed by atoms with Crippen molar-refractivity contribution >= 4 is 29.2 Å². The van der Waals surface area contributed by atoms with Gasteiger partial charge in [0, 0.05) is 12.1 Å². The van der Waals surface area contributed by atoms with E-state index in [1.165, 1.54) is 0 Å². The van der Waals surface area contributed by atoms with E-state index in [0.29, 0.717) is 16.9 Å². The average Bonchev–Trinajstić information content (AvgIpc) is 2.57. The molecule has 0 fully saturated rings. The zero-order valence-electron chi connectivity index (χ0n) is 14.1. The maximum atomic E-state index is 12.6. The molecule has 2 amide bonds. The Labute approximate surface area is 145 Å². The third-order valence-corrected chi connectivity index (χ3v) is 3.86. The topological polar surface area (TPSA) is 95.5 Å². The zero-order chi connectivity index (χ0) is 18.4. The summed E-state index contributed by atoms with van der Waals surface area (Å²) in [5.74, 6) is -1.84. The highest BCUT2D eigenvalue weighted by atomic mass is 16.4. The van der Waals surface area contributed by atoms with E-state index in [0.717, 1.165) is 11.1 Å². The summed E-state index contributed by atoms with van der Waals surface area (Å²) in [5.41, 5.74) is 3.40. The van der Waals surface area contributed by atoms with Gasteiger partial charge in [0.15, 0.2) is 0 Å². The summed E-state index contributed by atoms with van der Waals surface area (Å²) in [4.78, 5) is 35.0. The van der Waals surface area contributed by atoms with E-state index in [1.54, 1.807) is 24.3 Å². The fraction of sp³-hybridized carbons (Fsp3) is 0.211. The first-order valence-corrected chi connectivity index (χ1v) is 7.86. The van der Waals surface area contributed by atoms with E-state index in [4.69, 9.17) is 5.11 Å². The lowest BCUT2D eigenvalue weighted by Gasteiger charge is -2.13. The van der Waals surface area contributed by atoms with Gasteiger partial charge in [-0.2, -0.15) is 0 Å². The van der Waals surface area contributed by atoms with E-state index in [2.05, 4.69) is 10.6 Å². The SMILES string of the molecule is Cc1cccc(NC(=O)c2ccccc2NC(=O)CCC(=O)O)c1C. The predicted molar refractivity (Wildman–Crippen MR) is 95.8 cm³/mol. The summed E-state index contributed by atoms with van der Waals surface area (Å²) >= 11 is 0. The number of benzene rings is 2. The quantitative estimate of drug-likeness (QED) is 0.751. The highest BCUT2D eigenvalue weighted by Crippen LogP contribution is 2.21. The second-order valence-electron chi connectivity index (χ2n) is 5.69. The van der Waals surface area contributed by atoms with Crippen molar-refractivity contribution in [3.63, 3.8) is 0 Å². The highest BCUT2D eigenvalue weighted by molar-refractivity contribution is 6.10. The van der Waals surface area contributed by atoms with Crippen molar-refractivity contribution in [2.45, 2.75) is 26.7 Å². The molecular formula is C19H20N2O4. The number of aryl methyl sites for hydroxylation is 1. The van der Waals surface area contributed by atoms with Crippen molar-refractivity contribution < 1.29 is 19.5 Å². The average molecular weight is 340 g/mol. The van der Waals surface area contributed by atoms with Gasteiger partial charge in [-0.25, -0.2) is 0 Å². The molecule has 0 saturated carbocycles. The number of para-hydroxylation sites is 1. The molecule has 0 heterocycles. The van der Waals surface area contributed by atoms with E-state index in [-0.39, 0.29) is 18.7 Å². The zero-order valence-corrected chi connectivity index (χ0v) is 14.1. The van der Waals surface area contributed by atoms with Crippen molar-refractivity contribution in [3.05, 3.63) is 59.2 Å². The minimum absolute atomic E-state index is 0.151. The molecule has 0 spiro atoms. The number of carbonyl (C=O) groups is 3. The molecule has 0 aromatic heterocycles. The summed E-state index contributed by atoms with van der Waals surface area (Å²) in [6, 6.07) is 12.2. The molecule has 0 atom stereocenters. The van der Waals surface area contributed by atoms with Gasteiger partial charge in [0.2, 0.25) is 5.91 Å². The van der Waals surface area contributed by atoms with Crippen molar-refractivity contribution in [1.29, 1.82) is 0 Å². The maximum Gasteiger partial charge on any atom is 0.303 e. The molecule has 0 aliphatic rings. The van der Waals surface area contributed by atoms with Crippen LogP contribution < -0.4 is 10.6 Å². The number of carboxylic acids is 1. The normalized spacial score (nSPS) is 10.2. The third kappa shape index (κ3) is 4.91. The summed E-state index contributed by atoms with van der Waals surface area (Å²) in [6.45, 7) is 3.88. The van der Waals surface area contributed by atoms with Crippen LogP contribution in [-0.4, -0.2) is 22.9 Å². The van der Waals surface area contributed by atoms with Crippen molar-refractivity contribution in [3.8, 4) is 0 Å². The summed E-state index contributed by atoms with van der Waals surface area (Å²) in [7, 11) is 0. The number of carbonyl (C=O) groups excluding carboxylic acids is 2. The van der Waals surface area contributed by atoms with E-state index in [1.807, 2.05) is 32.0 Å². The van der Waals surface area contributed by atoms with Gasteiger partial charge in [-0.15, -0.1) is 0 Å². The van der Waals surface area contributed by atoms with Crippen molar-refractivity contribution in [2.24, 2.45) is 0 Å². The maximum absolute atomic E-state index is 12.6. The molecule has 0 saturated heterocycles. The Kier molecular flexibility index (Phi) is 5.89. The number of carboxylic acid groups (broad SMARTS) is 1. The number of anilines is 2. The number of aliphatic carboxylic acids is 1. The Morgan fingerprint density at radius 1 is 0.880 bits per heavy atom. The smallest absolute Gasteiger partial charge is 0.303 e. The minimum Gasteiger partial charge on any atom is -0.481 e. The van der Waals surface area contributed by atoms with Gasteiger partial charge >= 0.3 is 5.97 Å². The summed E-state index contributed by atoms with van der Waals surface area (Å²) < 4.78 is 0. The Hall–Kier alpha value is -3.15. The fourth-order valence-electron chi connectivity index (χ4n) is 2.30. The van der Waals surface area contributed by atoms with Crippen LogP contribution in [0.15, 0.2) is 42.5 Å². The second-order valence-corrected chi connectivity index (χ2v) is 5.69. The van der Waals surface area contributed by atoms with Gasteiger partial charge in [-0.05, 0) is 43.2 Å². The van der Waals surface area contributed by atoms with E-state index < -0.39 is 11.9 Å². The molecule has 6 nitrogen and oxygen atoms in total. The highest BCUT2D eigenvalue weighted by Gasteiger charge is 2.15. The van der Waals surface area contributed by atoms with Gasteiger partial charge in [0.1, 0.15) is 0 Å². The van der Waals surface area contributed by atoms with Crippen molar-refractivity contribution in [2.75, 3.05) is 10.6 Å². The summed E-state index contributed by atoms with van der Waals surface area (Å²) in [5, 5.41) is 14.1. The van der Waals surface area contributed by atoms with Crippen LogP contribution in [0.25, 0.3) is 0 Å². The molecule has 0 aliphatic carbocycles. The Morgan fingerprint density at radius 2 is 1.56 bits per heavy atom. The number of amides is 2. The Morgan fingerprint density at radius 3 is 2.28 bits per heavy atom.